The summed E-state index contributed by atoms with van der Waals surface area (Å²) in [6, 6.07) is 58.9. The Morgan fingerprint density at radius 1 is 0.403 bits per heavy atom. The molecule has 0 radical (unpaired) electrons. The van der Waals surface area contributed by atoms with Gasteiger partial charge >= 0.3 is 12.2 Å². The van der Waals surface area contributed by atoms with Crippen LogP contribution in [0, 0.1) is 0 Å². The number of nitrogens with one attached hydrogen (secondary N) is 7. The maximum atomic E-state index is 12.5. The van der Waals surface area contributed by atoms with E-state index in [-0.39, 0.29) is 81.8 Å². The zero-order valence-corrected chi connectivity index (χ0v) is 72.1. The Morgan fingerprint density at radius 3 is 1.11 bits per heavy atom. The predicted molar refractivity (Wildman–Crippen MR) is 527 cm³/mol. The molecule has 21 rings (SSSR count). The molecule has 6 saturated heterocycles. The van der Waals surface area contributed by atoms with Gasteiger partial charge < -0.3 is 84.2 Å². The zero-order chi connectivity index (χ0) is 87.0. The van der Waals surface area contributed by atoms with Crippen LogP contribution < -0.4 is 58.0 Å². The molecule has 29 heteroatoms. The largest absolute Gasteiger partial charge is 0.444 e. The van der Waals surface area contributed by atoms with Gasteiger partial charge in [0, 0.05) is 151 Å². The molecule has 15 aromatic rings. The van der Waals surface area contributed by atoms with Crippen molar-refractivity contribution in [1.29, 1.82) is 0 Å². The number of H-pyrrole nitrogens is 5. The number of benzene rings is 5. The van der Waals surface area contributed by atoms with Crippen LogP contribution in [0.25, 0.3) is 109 Å². The Kier molecular flexibility index (Phi) is 28.5. The quantitative estimate of drug-likeness (QED) is 0.0467. The summed E-state index contributed by atoms with van der Waals surface area (Å²) in [4.78, 5) is 142. The number of anilines is 5. The normalized spacial score (nSPS) is 17.1. The standard InChI is InChI=1S/C22H24N4O3.C21H24N4O3.C19H24N4O.C17H16N4O.C17H18N4O.4CH4/c1-22(2,3)29-21(28)26-12-13-10-14(26)11-25(13)18-9-8-17-19(24-18)15-6-4-5-7-16(15)20(27)23-17;1-21(2,3)28-20(27)25-12-10-24(11-13-25)17-9-8-16-18(23-17)14-6-4-5-7-15(14)19(26)22-16;1-3-23(4-2)13-7-12-20-17-11-10-16-18(22-17)14-8-5-6-9-15(14)19(24)21-16;22-17-13-4-2-1-3-12(13)16-14(19-17)5-6-15(20-16)21-9-10-7-11(21)8-18-10;1-20-8-10-21(11-9-20)15-7-6-14-16(19-15)12-4-2-3-5-13(12)17(22)18-14;;;;/h4-9,13-14H,10-12H2,1-3H3,(H,23,27);4-9H,10-13H2,1-3H3,(H,22,26);5-6,8-11H,3-4,7,12-13H2,1-2H3,(H,20,22)(H,21,24);1-6,10-11,18H,7-9H2,(H,19,22);2-7H,8-11H2,1H3,(H,18,22);4*1H4. The first-order chi connectivity index (χ1) is 60.4. The van der Waals surface area contributed by atoms with E-state index in [4.69, 9.17) is 34.4 Å². The van der Waals surface area contributed by atoms with Crippen LogP contribution in [0.4, 0.5) is 38.7 Å². The Morgan fingerprint density at radius 2 is 0.752 bits per heavy atom. The molecular weight excluding hydrogens is 1630 g/mol. The Labute approximate surface area is 750 Å². The van der Waals surface area contributed by atoms with Gasteiger partial charge in [0.2, 0.25) is 0 Å². The van der Waals surface area contributed by atoms with Gasteiger partial charge in [-0.3, -0.25) is 24.0 Å². The lowest BCUT2D eigenvalue weighted by Gasteiger charge is -2.36. The van der Waals surface area contributed by atoms with Gasteiger partial charge in [-0.25, -0.2) is 34.5 Å². The zero-order valence-electron chi connectivity index (χ0n) is 72.1. The van der Waals surface area contributed by atoms with Crippen molar-refractivity contribution >= 4 is 150 Å². The molecule has 5 aromatic carbocycles. The molecule has 6 aliphatic rings. The average molecular weight is 1750 g/mol. The number of aromatic nitrogens is 10. The maximum absolute atomic E-state index is 12.5. The minimum atomic E-state index is -0.494. The third-order valence-electron chi connectivity index (χ3n) is 24.2. The smallest absolute Gasteiger partial charge is 0.410 e. The highest BCUT2D eigenvalue weighted by Crippen LogP contribution is 2.37. The third-order valence-corrected chi connectivity index (χ3v) is 24.2. The Balaban J connectivity index is 0.000000137. The van der Waals surface area contributed by atoms with E-state index in [0.717, 1.165) is 196 Å². The van der Waals surface area contributed by atoms with Gasteiger partial charge in [0.25, 0.3) is 27.8 Å². The second-order valence-corrected chi connectivity index (χ2v) is 34.9. The van der Waals surface area contributed by atoms with Gasteiger partial charge in [-0.05, 0) is 178 Å². The summed E-state index contributed by atoms with van der Waals surface area (Å²) in [5.74, 6) is 4.57. The van der Waals surface area contributed by atoms with E-state index in [1.165, 1.54) is 6.42 Å². The van der Waals surface area contributed by atoms with E-state index >= 15 is 0 Å². The number of fused-ring (bicyclic) bond motifs is 19. The van der Waals surface area contributed by atoms with Crippen molar-refractivity contribution in [3.05, 3.63) is 234 Å². The molecule has 676 valence electrons. The highest BCUT2D eigenvalue weighted by molar-refractivity contribution is 6.07. The molecule has 6 aliphatic heterocycles. The van der Waals surface area contributed by atoms with Crippen LogP contribution in [0.3, 0.4) is 0 Å². The van der Waals surface area contributed by atoms with Gasteiger partial charge in [0.05, 0.1) is 67.3 Å². The molecule has 29 nitrogen and oxygen atoms in total. The first-order valence-electron chi connectivity index (χ1n) is 43.3. The minimum absolute atomic E-state index is 0. The van der Waals surface area contributed by atoms with Crippen LogP contribution >= 0.6 is 0 Å². The van der Waals surface area contributed by atoms with Crippen LogP contribution in [-0.4, -0.2) is 229 Å². The summed E-state index contributed by atoms with van der Waals surface area (Å²) in [6.45, 7) is 29.8. The van der Waals surface area contributed by atoms with E-state index < -0.39 is 11.2 Å². The van der Waals surface area contributed by atoms with Gasteiger partial charge in [-0.15, -0.1) is 0 Å². The molecule has 0 aliphatic carbocycles. The number of carbonyl (C=O) groups is 2. The highest BCUT2D eigenvalue weighted by Gasteiger charge is 2.47. The summed E-state index contributed by atoms with van der Waals surface area (Å²) in [5, 5.41) is 14.7. The number of piperazine rings is 4. The Bertz CT molecular complexity index is 6900. The molecule has 4 atom stereocenters. The molecular formula is C100H122N20O9. The van der Waals surface area contributed by atoms with E-state index in [1.807, 2.05) is 228 Å². The molecule has 6 fully saturated rings. The van der Waals surface area contributed by atoms with Crippen LogP contribution in [-0.2, 0) is 9.47 Å². The number of likely N-dealkylation sites (tertiary alicyclic amines) is 1. The number of ether oxygens (including phenoxy) is 2. The number of amides is 2. The van der Waals surface area contributed by atoms with Crippen molar-refractivity contribution in [2.75, 3.05) is 137 Å². The lowest BCUT2D eigenvalue weighted by Crippen LogP contribution is -2.50. The third kappa shape index (κ3) is 20.1. The molecule has 7 N–H and O–H groups in total. The highest BCUT2D eigenvalue weighted by atomic mass is 16.6. The van der Waals surface area contributed by atoms with Crippen molar-refractivity contribution in [1.82, 2.24) is 74.8 Å². The topological polar surface area (TPSA) is 331 Å². The summed E-state index contributed by atoms with van der Waals surface area (Å²) < 4.78 is 11.0. The fourth-order valence-corrected chi connectivity index (χ4v) is 17.8. The second kappa shape index (κ2) is 39.5. The number of hydrogen-bond donors (Lipinski definition) is 7. The van der Waals surface area contributed by atoms with E-state index in [0.29, 0.717) is 71.7 Å². The monoisotopic (exact) mass is 1750 g/mol. The van der Waals surface area contributed by atoms with Crippen molar-refractivity contribution in [2.45, 2.75) is 140 Å². The van der Waals surface area contributed by atoms with Crippen molar-refractivity contribution < 1.29 is 19.1 Å². The first-order valence-corrected chi connectivity index (χ1v) is 43.3. The number of aromatic amines is 5. The number of carbonyl (C=O) groups excluding carboxylic acids is 2. The number of rotatable bonds is 11. The van der Waals surface area contributed by atoms with Gasteiger partial charge in [-0.2, -0.15) is 0 Å². The molecule has 4 bridgehead atoms. The fraction of sp³-hybridized carbons (Fsp3) is 0.380. The number of likely N-dealkylation sites (N-methyl/N-ethyl adjacent to an activating group) is 1. The van der Waals surface area contributed by atoms with E-state index in [1.54, 1.807) is 4.90 Å². The maximum Gasteiger partial charge on any atom is 0.410 e. The van der Waals surface area contributed by atoms with Crippen molar-refractivity contribution in [3.63, 3.8) is 0 Å². The second-order valence-electron chi connectivity index (χ2n) is 34.9. The average Bonchev–Trinajstić information content (AvgIpc) is 1.34. The molecule has 129 heavy (non-hydrogen) atoms. The van der Waals surface area contributed by atoms with Crippen LogP contribution in [0.15, 0.2) is 206 Å². The molecule has 4 unspecified atom stereocenters. The summed E-state index contributed by atoms with van der Waals surface area (Å²) in [5.41, 5.74) is 6.60. The summed E-state index contributed by atoms with van der Waals surface area (Å²) in [7, 11) is 2.14. The number of hydrogen-bond acceptors (Lipinski definition) is 22. The van der Waals surface area contributed by atoms with E-state index in [2.05, 4.69) is 85.8 Å². The molecule has 0 saturated carbocycles. The van der Waals surface area contributed by atoms with Gasteiger partial charge in [0.15, 0.2) is 0 Å². The molecule has 2 amide bonds. The Hall–Kier alpha value is -13.4. The summed E-state index contributed by atoms with van der Waals surface area (Å²) >= 11 is 0. The first kappa shape index (κ1) is 93.3. The van der Waals surface area contributed by atoms with Gasteiger partial charge in [-0.1, -0.05) is 135 Å². The molecule has 0 spiro atoms. The van der Waals surface area contributed by atoms with Gasteiger partial charge in [0.1, 0.15) is 40.3 Å². The van der Waals surface area contributed by atoms with Crippen LogP contribution in [0.1, 0.15) is 104 Å². The molecule has 16 heterocycles. The lowest BCUT2D eigenvalue weighted by atomic mass is 10.1. The minimum Gasteiger partial charge on any atom is -0.444 e. The number of pyridine rings is 10. The fourth-order valence-electron chi connectivity index (χ4n) is 17.8. The molecule has 10 aromatic heterocycles. The van der Waals surface area contributed by atoms with Crippen molar-refractivity contribution in [2.24, 2.45) is 0 Å². The van der Waals surface area contributed by atoms with Crippen LogP contribution in [0.2, 0.25) is 0 Å². The summed E-state index contributed by atoms with van der Waals surface area (Å²) in [6.07, 6.45) is 2.69. The lowest BCUT2D eigenvalue weighted by molar-refractivity contribution is 0.0210. The number of nitrogens with zero attached hydrogens (tertiary/aromatic N) is 13. The van der Waals surface area contributed by atoms with E-state index in [9.17, 15) is 33.6 Å². The predicted octanol–water partition coefficient (Wildman–Crippen LogP) is 15.6. The van der Waals surface area contributed by atoms with Crippen LogP contribution in [0.5, 0.6) is 0 Å². The SMILES string of the molecule is C.C.C.C.CC(C)(C)OC(=O)N1CC2CC1CN2c1ccc2[nH]c(=O)c3ccccc3c2n1.CC(C)(C)OC(=O)N1CCN(c2ccc3[nH]c(=O)c4ccccc4c3n2)CC1.CCN(CC)CCCNc1ccc2[nH]c(=O)c3ccccc3c2n1.CN1CCN(c2ccc3[nH]c(=O)c4ccccc4c3n2)CC1.O=c1[nH]c2ccc(N3CC4CC3CN4)nc2c2ccccc12. The van der Waals surface area contributed by atoms with Crippen molar-refractivity contribution in [3.8, 4) is 0 Å².